The third kappa shape index (κ3) is 3.49. The van der Waals surface area contributed by atoms with Gasteiger partial charge in [-0.3, -0.25) is 14.9 Å². The number of methoxy groups -OCH3 is 1. The molecule has 0 saturated heterocycles. The van der Waals surface area contributed by atoms with E-state index in [4.69, 9.17) is 4.74 Å². The van der Waals surface area contributed by atoms with Crippen LogP contribution in [0.1, 0.15) is 15.9 Å². The minimum atomic E-state index is -0.524. The van der Waals surface area contributed by atoms with Crippen LogP contribution in [-0.4, -0.2) is 22.9 Å². The van der Waals surface area contributed by atoms with E-state index in [1.807, 2.05) is 0 Å². The Hall–Kier alpha value is -3.15. The molecule has 0 aliphatic carbocycles. The number of allylic oxidation sites excluding steroid dienone is 1. The molecule has 112 valence electrons. The highest BCUT2D eigenvalue weighted by Crippen LogP contribution is 2.26. The molecular formula is C16H13NO5. The van der Waals surface area contributed by atoms with E-state index >= 15 is 0 Å². The third-order valence-electron chi connectivity index (χ3n) is 2.99. The van der Waals surface area contributed by atoms with Gasteiger partial charge < -0.3 is 9.84 Å². The molecule has 6 nitrogen and oxygen atoms in total. The van der Waals surface area contributed by atoms with Crippen LogP contribution < -0.4 is 4.74 Å². The van der Waals surface area contributed by atoms with Gasteiger partial charge in [-0.2, -0.15) is 0 Å². The van der Waals surface area contributed by atoms with Gasteiger partial charge in [0.1, 0.15) is 0 Å². The van der Waals surface area contributed by atoms with Gasteiger partial charge in [-0.05, 0) is 35.9 Å². The Morgan fingerprint density at radius 3 is 2.45 bits per heavy atom. The Kier molecular flexibility index (Phi) is 4.53. The van der Waals surface area contributed by atoms with E-state index in [9.17, 15) is 20.0 Å². The van der Waals surface area contributed by atoms with Crippen molar-refractivity contribution in [2.45, 2.75) is 0 Å². The second-order valence-corrected chi connectivity index (χ2v) is 4.43. The smallest absolute Gasteiger partial charge is 0.269 e. The summed E-state index contributed by atoms with van der Waals surface area (Å²) < 4.78 is 4.93. The zero-order chi connectivity index (χ0) is 16.1. The highest BCUT2D eigenvalue weighted by molar-refractivity contribution is 6.06. The quantitative estimate of drug-likeness (QED) is 0.396. The van der Waals surface area contributed by atoms with E-state index in [0.29, 0.717) is 16.9 Å². The average Bonchev–Trinajstić information content (AvgIpc) is 2.52. The molecule has 2 aromatic carbocycles. The summed E-state index contributed by atoms with van der Waals surface area (Å²) >= 11 is 0. The average molecular weight is 299 g/mol. The Labute approximate surface area is 126 Å². The Morgan fingerprint density at radius 1 is 1.23 bits per heavy atom. The zero-order valence-electron chi connectivity index (χ0n) is 11.7. The number of phenolic OH excluding ortho intramolecular Hbond substituents is 1. The number of ether oxygens (including phenoxy) is 1. The molecule has 0 aromatic heterocycles. The van der Waals surface area contributed by atoms with Gasteiger partial charge in [0.05, 0.1) is 12.0 Å². The van der Waals surface area contributed by atoms with E-state index in [1.54, 1.807) is 18.2 Å². The summed E-state index contributed by atoms with van der Waals surface area (Å²) in [6, 6.07) is 10.1. The molecule has 0 heterocycles. The van der Waals surface area contributed by atoms with Gasteiger partial charge in [0.2, 0.25) is 0 Å². The van der Waals surface area contributed by atoms with Gasteiger partial charge in [0, 0.05) is 17.7 Å². The third-order valence-corrected chi connectivity index (χ3v) is 2.99. The molecule has 0 fully saturated rings. The van der Waals surface area contributed by atoms with E-state index in [1.165, 1.54) is 43.5 Å². The Balaban J connectivity index is 2.14. The van der Waals surface area contributed by atoms with Crippen LogP contribution in [0.4, 0.5) is 5.69 Å². The molecule has 0 atom stereocenters. The molecule has 0 radical (unpaired) electrons. The molecule has 2 aromatic rings. The maximum absolute atomic E-state index is 12.0. The van der Waals surface area contributed by atoms with Crippen molar-refractivity contribution in [2.24, 2.45) is 0 Å². The summed E-state index contributed by atoms with van der Waals surface area (Å²) in [4.78, 5) is 22.0. The highest BCUT2D eigenvalue weighted by atomic mass is 16.6. The van der Waals surface area contributed by atoms with Crippen molar-refractivity contribution >= 4 is 17.5 Å². The number of hydrogen-bond donors (Lipinski definition) is 1. The van der Waals surface area contributed by atoms with Crippen LogP contribution in [-0.2, 0) is 0 Å². The lowest BCUT2D eigenvalue weighted by Gasteiger charge is -2.03. The van der Waals surface area contributed by atoms with Crippen molar-refractivity contribution in [3.8, 4) is 11.5 Å². The number of carbonyl (C=O) groups excluding carboxylic acids is 1. The molecule has 1 N–H and O–H groups in total. The van der Waals surface area contributed by atoms with Crippen molar-refractivity contribution in [1.82, 2.24) is 0 Å². The molecule has 0 amide bonds. The van der Waals surface area contributed by atoms with Gasteiger partial charge in [-0.1, -0.05) is 12.1 Å². The molecule has 22 heavy (non-hydrogen) atoms. The van der Waals surface area contributed by atoms with Gasteiger partial charge >= 0.3 is 0 Å². The number of nitrogens with zero attached hydrogens (tertiary/aromatic N) is 1. The number of hydrogen-bond acceptors (Lipinski definition) is 5. The number of carbonyl (C=O) groups is 1. The number of non-ortho nitro benzene ring substituents is 1. The topological polar surface area (TPSA) is 89.7 Å². The first-order valence-corrected chi connectivity index (χ1v) is 6.35. The highest BCUT2D eigenvalue weighted by Gasteiger charge is 2.07. The first-order valence-electron chi connectivity index (χ1n) is 6.35. The minimum Gasteiger partial charge on any atom is -0.504 e. The van der Waals surface area contributed by atoms with Crippen molar-refractivity contribution in [3.05, 3.63) is 69.8 Å². The van der Waals surface area contributed by atoms with Crippen molar-refractivity contribution in [2.75, 3.05) is 7.11 Å². The summed E-state index contributed by atoms with van der Waals surface area (Å²) in [6.07, 6.45) is 2.88. The van der Waals surface area contributed by atoms with Gasteiger partial charge in [-0.15, -0.1) is 0 Å². The lowest BCUT2D eigenvalue weighted by molar-refractivity contribution is -0.384. The van der Waals surface area contributed by atoms with E-state index in [0.717, 1.165) is 0 Å². The summed E-state index contributed by atoms with van der Waals surface area (Å²) in [7, 11) is 1.45. The number of nitro benzene ring substituents is 1. The number of ketones is 1. The minimum absolute atomic E-state index is 0.0209. The standard InChI is InChI=1S/C16H13NO5/c1-22-16-9-3-11(10-15(16)19)2-8-14(18)12-4-6-13(7-5-12)17(20)21/h2-10,19H,1H3/b8-2+. The fourth-order valence-electron chi connectivity index (χ4n) is 1.83. The molecule has 0 aliphatic heterocycles. The van der Waals surface area contributed by atoms with Crippen LogP contribution in [0.15, 0.2) is 48.5 Å². The molecule has 0 unspecified atom stereocenters. The van der Waals surface area contributed by atoms with E-state index in [2.05, 4.69) is 0 Å². The predicted molar refractivity (Wildman–Crippen MR) is 81.1 cm³/mol. The molecule has 0 bridgehead atoms. The summed E-state index contributed by atoms with van der Waals surface area (Å²) in [5, 5.41) is 20.2. The maximum atomic E-state index is 12.0. The lowest BCUT2D eigenvalue weighted by atomic mass is 10.1. The van der Waals surface area contributed by atoms with Crippen LogP contribution in [0.25, 0.3) is 6.08 Å². The van der Waals surface area contributed by atoms with E-state index in [-0.39, 0.29) is 17.2 Å². The second-order valence-electron chi connectivity index (χ2n) is 4.43. The first-order chi connectivity index (χ1) is 10.5. The van der Waals surface area contributed by atoms with E-state index < -0.39 is 4.92 Å². The predicted octanol–water partition coefficient (Wildman–Crippen LogP) is 3.21. The van der Waals surface area contributed by atoms with Crippen molar-refractivity contribution in [3.63, 3.8) is 0 Å². The van der Waals surface area contributed by atoms with Gasteiger partial charge in [0.15, 0.2) is 17.3 Å². The summed E-state index contributed by atoms with van der Waals surface area (Å²) in [5.41, 5.74) is 0.911. The normalized spacial score (nSPS) is 10.6. The van der Waals surface area contributed by atoms with Crippen LogP contribution in [0, 0.1) is 10.1 Å². The zero-order valence-corrected chi connectivity index (χ0v) is 11.7. The number of benzene rings is 2. The van der Waals surface area contributed by atoms with Crippen molar-refractivity contribution in [1.29, 1.82) is 0 Å². The molecular weight excluding hydrogens is 286 g/mol. The molecule has 2 rings (SSSR count). The number of rotatable bonds is 5. The fourth-order valence-corrected chi connectivity index (χ4v) is 1.83. The first kappa shape index (κ1) is 15.2. The van der Waals surface area contributed by atoms with Crippen LogP contribution in [0.3, 0.4) is 0 Å². The number of aromatic hydroxyl groups is 1. The monoisotopic (exact) mass is 299 g/mol. The molecule has 0 saturated carbocycles. The molecule has 0 aliphatic rings. The Bertz CT molecular complexity index is 735. The van der Waals surface area contributed by atoms with Crippen LogP contribution >= 0.6 is 0 Å². The number of phenols is 1. The van der Waals surface area contributed by atoms with Crippen LogP contribution in [0.2, 0.25) is 0 Å². The molecule has 0 spiro atoms. The lowest BCUT2D eigenvalue weighted by Crippen LogP contribution is -1.95. The van der Waals surface area contributed by atoms with Gasteiger partial charge in [-0.25, -0.2) is 0 Å². The largest absolute Gasteiger partial charge is 0.504 e. The Morgan fingerprint density at radius 2 is 1.91 bits per heavy atom. The SMILES string of the molecule is COc1ccc(/C=C/C(=O)c2ccc([N+](=O)[O-])cc2)cc1O. The molecule has 6 heteroatoms. The van der Waals surface area contributed by atoms with Crippen LogP contribution in [0.5, 0.6) is 11.5 Å². The van der Waals surface area contributed by atoms with Crippen molar-refractivity contribution < 1.29 is 19.6 Å². The van der Waals surface area contributed by atoms with Gasteiger partial charge in [0.25, 0.3) is 5.69 Å². The summed E-state index contributed by atoms with van der Waals surface area (Å²) in [5.74, 6) is 0.0384. The maximum Gasteiger partial charge on any atom is 0.269 e. The second kappa shape index (κ2) is 6.53. The number of nitro groups is 1. The fraction of sp³-hybridized carbons (Fsp3) is 0.0625. The summed E-state index contributed by atoms with van der Waals surface area (Å²) in [6.45, 7) is 0.